The predicted octanol–water partition coefficient (Wildman–Crippen LogP) is 2.18. The molecular weight excluding hydrogens is 367 g/mol. The van der Waals surface area contributed by atoms with E-state index in [0.717, 1.165) is 34.6 Å². The molecule has 4 atom stereocenters. The summed E-state index contributed by atoms with van der Waals surface area (Å²) in [5.74, 6) is 0. The minimum atomic E-state index is -3.02. The van der Waals surface area contributed by atoms with Gasteiger partial charge in [0.25, 0.3) is 0 Å². The quantitative estimate of drug-likeness (QED) is 0.670. The summed E-state index contributed by atoms with van der Waals surface area (Å²) in [7, 11) is 1.55. The van der Waals surface area contributed by atoms with E-state index in [1.165, 1.54) is 0 Å². The van der Waals surface area contributed by atoms with Gasteiger partial charge >= 0.3 is 127 Å². The van der Waals surface area contributed by atoms with Crippen LogP contribution >= 0.6 is 0 Å². The molecule has 0 spiro atoms. The molecule has 0 aromatic heterocycles. The van der Waals surface area contributed by atoms with Gasteiger partial charge in [-0.15, -0.1) is 0 Å². The Balaban J connectivity index is 2.04. The van der Waals surface area contributed by atoms with Crippen molar-refractivity contribution in [3.05, 3.63) is 0 Å². The molecule has 0 radical (unpaired) electrons. The average molecular weight is 395 g/mol. The second kappa shape index (κ2) is 7.74. The minimum absolute atomic E-state index is 0.0964. The van der Waals surface area contributed by atoms with Gasteiger partial charge in [0.15, 0.2) is 0 Å². The van der Waals surface area contributed by atoms with Gasteiger partial charge in [-0.2, -0.15) is 0 Å². The van der Waals surface area contributed by atoms with Crippen LogP contribution in [0.1, 0.15) is 39.5 Å². The van der Waals surface area contributed by atoms with Crippen molar-refractivity contribution in [3.63, 3.8) is 0 Å². The number of rotatable bonds is 7. The monoisotopic (exact) mass is 396 g/mol. The predicted molar refractivity (Wildman–Crippen MR) is 77.7 cm³/mol. The molecule has 0 amide bonds. The van der Waals surface area contributed by atoms with Crippen molar-refractivity contribution in [2.24, 2.45) is 0 Å². The molecule has 2 rings (SSSR count). The first-order valence-corrected chi connectivity index (χ1v) is 14.2. The Morgan fingerprint density at radius 3 is 2.35 bits per heavy atom. The molecule has 2 heterocycles. The molecule has 1 N–H and O–H groups in total. The van der Waals surface area contributed by atoms with Crippen LogP contribution in [-0.4, -0.2) is 62.6 Å². The SMILES string of the molecule is CCC[CH2][Sn]1([CH2]CCC)[O][C@@H]2[C@@H](O)[C@@H](OC)OC[C@@H]2[O]1. The number of fused-ring (bicyclic) bond motifs is 1. The van der Waals surface area contributed by atoms with Crippen molar-refractivity contribution in [1.29, 1.82) is 0 Å². The van der Waals surface area contributed by atoms with Gasteiger partial charge in [0.1, 0.15) is 0 Å². The van der Waals surface area contributed by atoms with Crippen LogP contribution in [0.3, 0.4) is 0 Å². The Hall–Kier alpha value is 0.599. The zero-order chi connectivity index (χ0) is 14.6. The Labute approximate surface area is 126 Å². The molecule has 5 nitrogen and oxygen atoms in total. The van der Waals surface area contributed by atoms with Crippen molar-refractivity contribution in [1.82, 2.24) is 0 Å². The second-order valence-electron chi connectivity index (χ2n) is 5.78. The van der Waals surface area contributed by atoms with Crippen LogP contribution in [0, 0.1) is 0 Å². The molecule has 118 valence electrons. The summed E-state index contributed by atoms with van der Waals surface area (Å²) in [5.41, 5.74) is 0. The fraction of sp³-hybridized carbons (Fsp3) is 1.00. The fourth-order valence-corrected chi connectivity index (χ4v) is 14.7. The molecule has 2 aliphatic rings. The van der Waals surface area contributed by atoms with Crippen molar-refractivity contribution >= 4 is 19.2 Å². The summed E-state index contributed by atoms with van der Waals surface area (Å²) < 4.78 is 25.6. The van der Waals surface area contributed by atoms with Crippen molar-refractivity contribution in [2.45, 2.75) is 73.0 Å². The molecule has 6 heteroatoms. The van der Waals surface area contributed by atoms with Gasteiger partial charge < -0.3 is 0 Å². The third-order valence-corrected chi connectivity index (χ3v) is 14.6. The van der Waals surface area contributed by atoms with Gasteiger partial charge in [-0.1, -0.05) is 0 Å². The number of aliphatic hydroxyl groups excluding tert-OH is 1. The van der Waals surface area contributed by atoms with Crippen LogP contribution in [0.2, 0.25) is 8.87 Å². The number of methoxy groups -OCH3 is 1. The van der Waals surface area contributed by atoms with Crippen molar-refractivity contribution in [3.8, 4) is 0 Å². The molecule has 2 aliphatic heterocycles. The van der Waals surface area contributed by atoms with E-state index >= 15 is 0 Å². The summed E-state index contributed by atoms with van der Waals surface area (Å²) >= 11 is -3.02. The fourth-order valence-electron chi connectivity index (χ4n) is 3.02. The van der Waals surface area contributed by atoms with E-state index in [4.69, 9.17) is 15.6 Å². The normalized spacial score (nSPS) is 36.0. The summed E-state index contributed by atoms with van der Waals surface area (Å²) in [6.07, 6.45) is 2.96. The third kappa shape index (κ3) is 3.67. The van der Waals surface area contributed by atoms with E-state index in [2.05, 4.69) is 13.8 Å². The van der Waals surface area contributed by atoms with E-state index in [1.807, 2.05) is 0 Å². The van der Waals surface area contributed by atoms with Crippen molar-refractivity contribution in [2.75, 3.05) is 13.7 Å². The van der Waals surface area contributed by atoms with Crippen LogP contribution in [-0.2, 0) is 15.6 Å². The third-order valence-electron chi connectivity index (χ3n) is 4.18. The first-order chi connectivity index (χ1) is 9.65. The van der Waals surface area contributed by atoms with Gasteiger partial charge in [0.2, 0.25) is 0 Å². The average Bonchev–Trinajstić information content (AvgIpc) is 2.84. The Kier molecular flexibility index (Phi) is 6.56. The van der Waals surface area contributed by atoms with Crippen LogP contribution < -0.4 is 0 Å². The molecule has 0 unspecified atom stereocenters. The number of unbranched alkanes of at least 4 members (excludes halogenated alkanes) is 2. The molecule has 0 aromatic carbocycles. The van der Waals surface area contributed by atoms with Gasteiger partial charge in [-0.05, 0) is 0 Å². The van der Waals surface area contributed by atoms with Crippen LogP contribution in [0.15, 0.2) is 0 Å². The summed E-state index contributed by atoms with van der Waals surface area (Å²) in [5, 5.41) is 10.3. The molecular formula is C14H28O5Sn. The van der Waals surface area contributed by atoms with E-state index < -0.39 is 31.6 Å². The Morgan fingerprint density at radius 2 is 1.80 bits per heavy atom. The van der Waals surface area contributed by atoms with E-state index in [0.29, 0.717) is 6.61 Å². The molecule has 20 heavy (non-hydrogen) atoms. The number of ether oxygens (including phenoxy) is 2. The Morgan fingerprint density at radius 1 is 1.15 bits per heavy atom. The van der Waals surface area contributed by atoms with Crippen LogP contribution in [0.4, 0.5) is 0 Å². The second-order valence-corrected chi connectivity index (χ2v) is 15.2. The summed E-state index contributed by atoms with van der Waals surface area (Å²) in [6.45, 7) is 4.86. The van der Waals surface area contributed by atoms with Gasteiger partial charge in [0.05, 0.1) is 0 Å². The molecule has 2 saturated heterocycles. The maximum atomic E-state index is 10.3. The zero-order valence-corrected chi connectivity index (χ0v) is 15.7. The first kappa shape index (κ1) is 17.0. The van der Waals surface area contributed by atoms with E-state index in [9.17, 15) is 5.11 Å². The topological polar surface area (TPSA) is 57.2 Å². The molecule has 0 aromatic rings. The number of aliphatic hydroxyl groups is 1. The van der Waals surface area contributed by atoms with E-state index in [1.54, 1.807) is 7.11 Å². The molecule has 2 fully saturated rings. The molecule has 0 aliphatic carbocycles. The summed E-state index contributed by atoms with van der Waals surface area (Å²) in [4.78, 5) is 0. The van der Waals surface area contributed by atoms with Gasteiger partial charge in [-0.25, -0.2) is 0 Å². The Bertz CT molecular complexity index is 293. The summed E-state index contributed by atoms with van der Waals surface area (Å²) in [6, 6.07) is 0. The number of hydrogen-bond acceptors (Lipinski definition) is 5. The van der Waals surface area contributed by atoms with Gasteiger partial charge in [0, 0.05) is 0 Å². The molecule has 0 saturated carbocycles. The van der Waals surface area contributed by atoms with Crippen molar-refractivity contribution < 1.29 is 20.7 Å². The van der Waals surface area contributed by atoms with Crippen LogP contribution in [0.25, 0.3) is 0 Å². The first-order valence-electron chi connectivity index (χ1n) is 7.84. The number of hydrogen-bond donors (Lipinski definition) is 1. The van der Waals surface area contributed by atoms with Crippen LogP contribution in [0.5, 0.6) is 0 Å². The zero-order valence-electron chi connectivity index (χ0n) is 12.8. The standard InChI is InChI=1S/C6H10O5.2C4H9.Sn/c1-10-6-5(9)4(8)3(7)2-11-6;2*1-3-4-2;/h3-6,9H,2H2,1H3;2*1,3-4H2,2H3;/q-2;;;+2/t3-,4-,5+,6-;;;/m0.../s1. The van der Waals surface area contributed by atoms with Gasteiger partial charge in [-0.3, -0.25) is 0 Å². The molecule has 0 bridgehead atoms. The maximum absolute atomic E-state index is 10.3. The van der Waals surface area contributed by atoms with E-state index in [-0.39, 0.29) is 12.2 Å².